The minimum Gasteiger partial charge on any atom is -0.296 e. The molecule has 0 aliphatic heterocycles. The molecule has 5 nitrogen and oxygen atoms in total. The Balaban J connectivity index is 3.01. The van der Waals surface area contributed by atoms with Gasteiger partial charge >= 0.3 is 0 Å². The first kappa shape index (κ1) is 12.3. The van der Waals surface area contributed by atoms with E-state index < -0.39 is 9.84 Å². The number of aldehydes is 1. The molecule has 0 N–H and O–H groups in total. The van der Waals surface area contributed by atoms with Gasteiger partial charge in [0.2, 0.25) is 0 Å². The summed E-state index contributed by atoms with van der Waals surface area (Å²) in [6.07, 6.45) is 3.15. The van der Waals surface area contributed by atoms with Crippen LogP contribution in [0, 0.1) is 11.3 Å². The van der Waals surface area contributed by atoms with Crippen molar-refractivity contribution in [1.29, 1.82) is 5.26 Å². The molecule has 6 heteroatoms. The Bertz CT molecular complexity index is 544. The number of hydrogen-bond donors (Lipinski definition) is 0. The van der Waals surface area contributed by atoms with E-state index in [0.29, 0.717) is 17.4 Å². The Kier molecular flexibility index (Phi) is 3.74. The molecule has 0 aliphatic carbocycles. The molecule has 84 valence electrons. The molecule has 0 bridgehead atoms. The van der Waals surface area contributed by atoms with Crippen LogP contribution >= 0.6 is 0 Å². The Hall–Kier alpha value is -1.74. The maximum atomic E-state index is 11.0. The first-order valence-electron chi connectivity index (χ1n) is 4.48. The molecule has 1 heterocycles. The maximum Gasteiger partial charge on any atom is 0.168 e. The molecule has 0 aromatic carbocycles. The van der Waals surface area contributed by atoms with E-state index in [0.717, 1.165) is 6.26 Å². The number of rotatable bonds is 4. The van der Waals surface area contributed by atoms with Gasteiger partial charge in [0.25, 0.3) is 0 Å². The van der Waals surface area contributed by atoms with E-state index in [-0.39, 0.29) is 17.9 Å². The summed E-state index contributed by atoms with van der Waals surface area (Å²) in [6.45, 7) is 0. The smallest absolute Gasteiger partial charge is 0.168 e. The lowest BCUT2D eigenvalue weighted by Crippen LogP contribution is -2.08. The van der Waals surface area contributed by atoms with Gasteiger partial charge in [0.15, 0.2) is 6.29 Å². The van der Waals surface area contributed by atoms with Gasteiger partial charge in [-0.05, 0) is 18.1 Å². The molecular formula is C10H10N2O3S. The minimum absolute atomic E-state index is 0.0651. The lowest BCUT2D eigenvalue weighted by molar-refractivity contribution is 0.111. The van der Waals surface area contributed by atoms with Crippen LogP contribution < -0.4 is 0 Å². The van der Waals surface area contributed by atoms with Crippen molar-refractivity contribution in [2.75, 3.05) is 12.0 Å². The summed E-state index contributed by atoms with van der Waals surface area (Å²) in [7, 11) is -3.09. The molecule has 0 fully saturated rings. The fraction of sp³-hybridized carbons (Fsp3) is 0.300. The van der Waals surface area contributed by atoms with Gasteiger partial charge in [-0.1, -0.05) is 0 Å². The van der Waals surface area contributed by atoms with Gasteiger partial charge in [0, 0.05) is 12.5 Å². The van der Waals surface area contributed by atoms with Crippen molar-refractivity contribution in [2.45, 2.75) is 6.42 Å². The molecule has 0 amide bonds. The summed E-state index contributed by atoms with van der Waals surface area (Å²) in [5.41, 5.74) is 0.983. The third-order valence-electron chi connectivity index (χ3n) is 1.98. The largest absolute Gasteiger partial charge is 0.296 e. The number of nitriles is 1. The van der Waals surface area contributed by atoms with Gasteiger partial charge in [0.05, 0.1) is 11.3 Å². The zero-order chi connectivity index (χ0) is 12.2. The number of carbonyl (C=O) groups excluding carboxylic acids is 1. The SMILES string of the molecule is CS(=O)(=O)CCc1cc(C#N)cnc1C=O. The minimum atomic E-state index is -3.09. The fourth-order valence-corrected chi connectivity index (χ4v) is 1.77. The van der Waals surface area contributed by atoms with Crippen LogP contribution in [0.5, 0.6) is 0 Å². The number of carbonyl (C=O) groups is 1. The molecule has 1 aromatic rings. The average Bonchev–Trinajstić information content (AvgIpc) is 2.25. The summed E-state index contributed by atoms with van der Waals surface area (Å²) in [5, 5.41) is 8.66. The monoisotopic (exact) mass is 238 g/mol. The molecule has 0 radical (unpaired) electrons. The van der Waals surface area contributed by atoms with Gasteiger partial charge in [-0.25, -0.2) is 8.42 Å². The highest BCUT2D eigenvalue weighted by Gasteiger charge is 2.08. The number of aryl methyl sites for hydroxylation is 1. The molecule has 1 rings (SSSR count). The first-order chi connectivity index (χ1) is 7.46. The Labute approximate surface area is 93.7 Å². The van der Waals surface area contributed by atoms with Crippen molar-refractivity contribution in [3.8, 4) is 6.07 Å². The molecule has 0 atom stereocenters. The van der Waals surface area contributed by atoms with E-state index in [9.17, 15) is 13.2 Å². The molecule has 0 unspecified atom stereocenters. The molecule has 0 saturated carbocycles. The lowest BCUT2D eigenvalue weighted by Gasteiger charge is -2.03. The maximum absolute atomic E-state index is 11.0. The van der Waals surface area contributed by atoms with Crippen molar-refractivity contribution >= 4 is 16.1 Å². The van der Waals surface area contributed by atoms with Gasteiger partial charge in [-0.3, -0.25) is 9.78 Å². The number of sulfone groups is 1. The third-order valence-corrected chi connectivity index (χ3v) is 2.93. The number of nitrogens with zero attached hydrogens (tertiary/aromatic N) is 2. The van der Waals surface area contributed by atoms with Crippen molar-refractivity contribution in [2.24, 2.45) is 0 Å². The van der Waals surface area contributed by atoms with Gasteiger partial charge in [-0.15, -0.1) is 0 Å². The molecule has 0 spiro atoms. The van der Waals surface area contributed by atoms with Crippen LogP contribution in [0.15, 0.2) is 12.3 Å². The van der Waals surface area contributed by atoms with Crippen LogP contribution in [-0.2, 0) is 16.3 Å². The van der Waals surface area contributed by atoms with Gasteiger partial charge in [0.1, 0.15) is 21.6 Å². The van der Waals surface area contributed by atoms with Crippen molar-refractivity contribution in [1.82, 2.24) is 4.98 Å². The number of hydrogen-bond acceptors (Lipinski definition) is 5. The second kappa shape index (κ2) is 4.86. The highest BCUT2D eigenvalue weighted by Crippen LogP contribution is 2.08. The highest BCUT2D eigenvalue weighted by molar-refractivity contribution is 7.90. The zero-order valence-electron chi connectivity index (χ0n) is 8.67. The molecule has 16 heavy (non-hydrogen) atoms. The zero-order valence-corrected chi connectivity index (χ0v) is 9.49. The molecular weight excluding hydrogens is 228 g/mol. The summed E-state index contributed by atoms with van der Waals surface area (Å²) < 4.78 is 22.0. The third kappa shape index (κ3) is 3.44. The van der Waals surface area contributed by atoms with Crippen molar-refractivity contribution in [3.05, 3.63) is 29.1 Å². The van der Waals surface area contributed by atoms with Gasteiger partial charge < -0.3 is 0 Å². The molecule has 1 aromatic heterocycles. The predicted molar refractivity (Wildman–Crippen MR) is 57.8 cm³/mol. The topological polar surface area (TPSA) is 87.9 Å². The van der Waals surface area contributed by atoms with E-state index in [1.807, 2.05) is 6.07 Å². The average molecular weight is 238 g/mol. The molecule has 0 aliphatic rings. The second-order valence-electron chi connectivity index (χ2n) is 3.38. The lowest BCUT2D eigenvalue weighted by atomic mass is 10.1. The first-order valence-corrected chi connectivity index (χ1v) is 6.54. The van der Waals surface area contributed by atoms with E-state index in [1.165, 1.54) is 12.3 Å². The van der Waals surface area contributed by atoms with Crippen molar-refractivity contribution in [3.63, 3.8) is 0 Å². The van der Waals surface area contributed by atoms with Crippen LogP contribution in [0.1, 0.15) is 21.6 Å². The fourth-order valence-electron chi connectivity index (χ4n) is 1.18. The number of aromatic nitrogens is 1. The predicted octanol–water partition coefficient (Wildman–Crippen LogP) is 0.353. The Morgan fingerprint density at radius 1 is 1.56 bits per heavy atom. The van der Waals surface area contributed by atoms with E-state index in [2.05, 4.69) is 4.98 Å². The second-order valence-corrected chi connectivity index (χ2v) is 5.64. The van der Waals surface area contributed by atoms with Gasteiger partial charge in [-0.2, -0.15) is 5.26 Å². The van der Waals surface area contributed by atoms with Crippen LogP contribution in [0.4, 0.5) is 0 Å². The number of pyridine rings is 1. The van der Waals surface area contributed by atoms with E-state index >= 15 is 0 Å². The van der Waals surface area contributed by atoms with Crippen molar-refractivity contribution < 1.29 is 13.2 Å². The van der Waals surface area contributed by atoms with E-state index in [1.54, 1.807) is 0 Å². The van der Waals surface area contributed by atoms with Crippen LogP contribution in [0.2, 0.25) is 0 Å². The summed E-state index contributed by atoms with van der Waals surface area (Å²) in [5.74, 6) is -0.0651. The molecule has 0 saturated heterocycles. The summed E-state index contributed by atoms with van der Waals surface area (Å²) >= 11 is 0. The van der Waals surface area contributed by atoms with Crippen LogP contribution in [-0.4, -0.2) is 31.7 Å². The Morgan fingerprint density at radius 3 is 2.75 bits per heavy atom. The Morgan fingerprint density at radius 2 is 2.25 bits per heavy atom. The van der Waals surface area contributed by atoms with Crippen LogP contribution in [0.3, 0.4) is 0 Å². The summed E-state index contributed by atoms with van der Waals surface area (Å²) in [6, 6.07) is 3.38. The quantitative estimate of drug-likeness (QED) is 0.706. The standard InChI is InChI=1S/C10H10N2O3S/c1-16(14,15)3-2-9-4-8(5-11)6-12-10(9)7-13/h4,6-7H,2-3H2,1H3. The normalized spacial score (nSPS) is 10.8. The summed E-state index contributed by atoms with van der Waals surface area (Å²) in [4.78, 5) is 14.4. The van der Waals surface area contributed by atoms with E-state index in [4.69, 9.17) is 5.26 Å². The highest BCUT2D eigenvalue weighted by atomic mass is 32.2. The van der Waals surface area contributed by atoms with Crippen LogP contribution in [0.25, 0.3) is 0 Å².